The number of likely N-dealkylation sites (N-methyl/N-ethyl adjacent to an activating group) is 1. The smallest absolute Gasteiger partial charge is 0.238 e. The van der Waals surface area contributed by atoms with E-state index in [2.05, 4.69) is 5.32 Å². The largest absolute Gasteiger partial charge is 0.492 e. The molecule has 0 spiro atoms. The van der Waals surface area contributed by atoms with Crippen molar-refractivity contribution in [2.75, 3.05) is 32.1 Å². The van der Waals surface area contributed by atoms with E-state index < -0.39 is 0 Å². The molecule has 1 amide bonds. The predicted octanol–water partition coefficient (Wildman–Crippen LogP) is 3.25. The second-order valence-corrected chi connectivity index (χ2v) is 5.71. The number of anilines is 1. The summed E-state index contributed by atoms with van der Waals surface area (Å²) in [5.74, 6) is 0.878. The van der Waals surface area contributed by atoms with Gasteiger partial charge in [0.2, 0.25) is 5.91 Å². The van der Waals surface area contributed by atoms with Gasteiger partial charge in [0.25, 0.3) is 0 Å². The van der Waals surface area contributed by atoms with Gasteiger partial charge in [0, 0.05) is 12.2 Å². The molecule has 1 N–H and O–H groups in total. The van der Waals surface area contributed by atoms with Crippen LogP contribution < -0.4 is 10.1 Å². The number of amides is 1. The number of carbonyl (C=O) groups excluding carboxylic acids is 1. The number of nitrogens with zero attached hydrogens (tertiary/aromatic N) is 1. The van der Waals surface area contributed by atoms with Crippen molar-refractivity contribution < 1.29 is 9.53 Å². The van der Waals surface area contributed by atoms with Gasteiger partial charge in [-0.25, -0.2) is 0 Å². The van der Waals surface area contributed by atoms with Crippen LogP contribution in [-0.4, -0.2) is 37.6 Å². The molecule has 0 atom stereocenters. The normalized spacial score (nSPS) is 10.6. The lowest BCUT2D eigenvalue weighted by molar-refractivity contribution is -0.117. The molecule has 2 aromatic rings. The number of carbonyl (C=O) groups is 1. The molecule has 0 fully saturated rings. The number of benzene rings is 2. The molecule has 4 nitrogen and oxygen atoms in total. The van der Waals surface area contributed by atoms with E-state index in [1.807, 2.05) is 74.3 Å². The van der Waals surface area contributed by atoms with Crippen molar-refractivity contribution in [3.63, 3.8) is 0 Å². The first kappa shape index (κ1) is 17.0. The van der Waals surface area contributed by atoms with E-state index in [0.717, 1.165) is 22.6 Å². The summed E-state index contributed by atoms with van der Waals surface area (Å²) in [6.45, 7) is 5.59. The van der Waals surface area contributed by atoms with Crippen molar-refractivity contribution in [2.24, 2.45) is 0 Å². The Morgan fingerprint density at radius 3 is 2.39 bits per heavy atom. The minimum absolute atomic E-state index is 0.0160. The number of hydrogen-bond donors (Lipinski definition) is 1. The van der Waals surface area contributed by atoms with Gasteiger partial charge < -0.3 is 10.1 Å². The maximum Gasteiger partial charge on any atom is 0.238 e. The van der Waals surface area contributed by atoms with Gasteiger partial charge in [-0.1, -0.05) is 36.4 Å². The first-order chi connectivity index (χ1) is 11.1. The Kier molecular flexibility index (Phi) is 6.18. The molecule has 0 aliphatic carbocycles. The van der Waals surface area contributed by atoms with E-state index in [1.165, 1.54) is 0 Å². The van der Waals surface area contributed by atoms with E-state index in [4.69, 9.17) is 4.74 Å². The zero-order valence-electron chi connectivity index (χ0n) is 14.0. The van der Waals surface area contributed by atoms with Crippen LogP contribution in [-0.2, 0) is 4.79 Å². The van der Waals surface area contributed by atoms with E-state index in [1.54, 1.807) is 0 Å². The second-order valence-electron chi connectivity index (χ2n) is 5.71. The van der Waals surface area contributed by atoms with Crippen molar-refractivity contribution in [3.05, 3.63) is 59.7 Å². The van der Waals surface area contributed by atoms with Gasteiger partial charge in [0.15, 0.2) is 0 Å². The third-order valence-electron chi connectivity index (χ3n) is 3.66. The van der Waals surface area contributed by atoms with Crippen LogP contribution >= 0.6 is 0 Å². The Morgan fingerprint density at radius 1 is 1.04 bits per heavy atom. The Hall–Kier alpha value is -2.33. The van der Waals surface area contributed by atoms with Crippen molar-refractivity contribution in [1.29, 1.82) is 0 Å². The Labute approximate surface area is 138 Å². The number of ether oxygens (including phenoxy) is 1. The molecule has 0 aliphatic heterocycles. The minimum atomic E-state index is -0.0160. The first-order valence-electron chi connectivity index (χ1n) is 7.78. The van der Waals surface area contributed by atoms with Crippen LogP contribution in [0.3, 0.4) is 0 Å². The van der Waals surface area contributed by atoms with Crippen LogP contribution in [0, 0.1) is 13.8 Å². The number of para-hydroxylation sites is 2. The Balaban J connectivity index is 1.74. The lowest BCUT2D eigenvalue weighted by atomic mass is 10.2. The summed E-state index contributed by atoms with van der Waals surface area (Å²) >= 11 is 0. The summed E-state index contributed by atoms with van der Waals surface area (Å²) in [5.41, 5.74) is 3.04. The summed E-state index contributed by atoms with van der Waals surface area (Å²) in [7, 11) is 1.92. The molecule has 4 heteroatoms. The van der Waals surface area contributed by atoms with Crippen molar-refractivity contribution in [1.82, 2.24) is 4.90 Å². The molecule has 0 radical (unpaired) electrons. The van der Waals surface area contributed by atoms with E-state index in [-0.39, 0.29) is 5.91 Å². The van der Waals surface area contributed by atoms with Crippen molar-refractivity contribution in [3.8, 4) is 5.75 Å². The number of hydrogen-bond acceptors (Lipinski definition) is 3. The maximum atomic E-state index is 12.1. The van der Waals surface area contributed by atoms with Gasteiger partial charge >= 0.3 is 0 Å². The average Bonchev–Trinajstić information content (AvgIpc) is 2.51. The first-order valence-corrected chi connectivity index (χ1v) is 7.78. The topological polar surface area (TPSA) is 41.6 Å². The number of nitrogens with one attached hydrogen (secondary N) is 1. The fourth-order valence-electron chi connectivity index (χ4n) is 2.26. The monoisotopic (exact) mass is 312 g/mol. The molecule has 0 bridgehead atoms. The lowest BCUT2D eigenvalue weighted by Crippen LogP contribution is -2.33. The summed E-state index contributed by atoms with van der Waals surface area (Å²) < 4.78 is 5.75. The van der Waals surface area contributed by atoms with Crippen LogP contribution in [0.15, 0.2) is 48.5 Å². The third-order valence-corrected chi connectivity index (χ3v) is 3.66. The quantitative estimate of drug-likeness (QED) is 0.853. The molecule has 2 aromatic carbocycles. The van der Waals surface area contributed by atoms with Crippen molar-refractivity contribution in [2.45, 2.75) is 13.8 Å². The van der Waals surface area contributed by atoms with Gasteiger partial charge in [0.05, 0.1) is 6.54 Å². The molecule has 0 aliphatic rings. The van der Waals surface area contributed by atoms with Crippen LogP contribution in [0.1, 0.15) is 11.1 Å². The molecule has 23 heavy (non-hydrogen) atoms. The highest BCUT2D eigenvalue weighted by Gasteiger charge is 2.08. The highest BCUT2D eigenvalue weighted by Crippen LogP contribution is 2.16. The average molecular weight is 312 g/mol. The Bertz CT molecular complexity index is 655. The van der Waals surface area contributed by atoms with Gasteiger partial charge in [-0.05, 0) is 44.2 Å². The van der Waals surface area contributed by atoms with E-state index in [0.29, 0.717) is 19.7 Å². The molecule has 0 saturated heterocycles. The summed E-state index contributed by atoms with van der Waals surface area (Å²) in [4.78, 5) is 14.0. The third kappa shape index (κ3) is 5.42. The van der Waals surface area contributed by atoms with Crippen LogP contribution in [0.25, 0.3) is 0 Å². The number of aryl methyl sites for hydroxylation is 2. The van der Waals surface area contributed by atoms with Gasteiger partial charge in [-0.2, -0.15) is 0 Å². The highest BCUT2D eigenvalue weighted by atomic mass is 16.5. The zero-order valence-corrected chi connectivity index (χ0v) is 14.0. The maximum absolute atomic E-state index is 12.1. The van der Waals surface area contributed by atoms with Crippen molar-refractivity contribution >= 4 is 11.6 Å². The molecule has 2 rings (SSSR count). The molecule has 122 valence electrons. The van der Waals surface area contributed by atoms with Crippen LogP contribution in [0.4, 0.5) is 5.69 Å². The fraction of sp³-hybridized carbons (Fsp3) is 0.316. The molecule has 0 heterocycles. The standard InChI is InChI=1S/C19H24N2O2/c1-15-8-4-6-10-17(15)20-19(22)14-21(3)12-13-23-18-11-7-5-9-16(18)2/h4-11H,12-14H2,1-3H3,(H,20,22). The molecular formula is C19H24N2O2. The molecule has 0 aromatic heterocycles. The fourth-order valence-corrected chi connectivity index (χ4v) is 2.26. The highest BCUT2D eigenvalue weighted by molar-refractivity contribution is 5.92. The predicted molar refractivity (Wildman–Crippen MR) is 94.0 cm³/mol. The van der Waals surface area contributed by atoms with Crippen LogP contribution in [0.5, 0.6) is 5.75 Å². The minimum Gasteiger partial charge on any atom is -0.492 e. The van der Waals surface area contributed by atoms with E-state index >= 15 is 0 Å². The number of rotatable bonds is 7. The zero-order chi connectivity index (χ0) is 16.7. The van der Waals surface area contributed by atoms with E-state index in [9.17, 15) is 4.79 Å². The molecular weight excluding hydrogens is 288 g/mol. The van der Waals surface area contributed by atoms with Crippen LogP contribution in [0.2, 0.25) is 0 Å². The second kappa shape index (κ2) is 8.34. The van der Waals surface area contributed by atoms with Gasteiger partial charge in [-0.15, -0.1) is 0 Å². The summed E-state index contributed by atoms with van der Waals surface area (Å²) in [6, 6.07) is 15.7. The molecule has 0 saturated carbocycles. The van der Waals surface area contributed by atoms with Gasteiger partial charge in [0.1, 0.15) is 12.4 Å². The SMILES string of the molecule is Cc1ccccc1NC(=O)CN(C)CCOc1ccccc1C. The summed E-state index contributed by atoms with van der Waals surface area (Å²) in [5, 5.41) is 2.94. The lowest BCUT2D eigenvalue weighted by Gasteiger charge is -2.17. The molecule has 0 unspecified atom stereocenters. The van der Waals surface area contributed by atoms with Gasteiger partial charge in [-0.3, -0.25) is 9.69 Å². The summed E-state index contributed by atoms with van der Waals surface area (Å²) in [6.07, 6.45) is 0. The Morgan fingerprint density at radius 2 is 1.70 bits per heavy atom.